The van der Waals surface area contributed by atoms with Gasteiger partial charge in [0.2, 0.25) is 5.91 Å². The molecule has 184 valence electrons. The number of anilines is 1. The number of aliphatic hydroxyl groups is 1. The van der Waals surface area contributed by atoms with Crippen LogP contribution in [0.1, 0.15) is 22.8 Å². The van der Waals surface area contributed by atoms with Crippen LogP contribution in [-0.2, 0) is 11.3 Å². The molecule has 9 heteroatoms. The Morgan fingerprint density at radius 2 is 2.00 bits per heavy atom. The van der Waals surface area contributed by atoms with Gasteiger partial charge in [-0.1, -0.05) is 12.1 Å². The normalized spacial score (nSPS) is 15.8. The molecular weight excluding hydrogens is 458 g/mol. The van der Waals surface area contributed by atoms with E-state index in [4.69, 9.17) is 30.2 Å². The number of amides is 1. The average Bonchev–Trinajstić information content (AvgIpc) is 2.92. The van der Waals surface area contributed by atoms with Gasteiger partial charge in [0.1, 0.15) is 11.6 Å². The molecule has 0 unspecified atom stereocenters. The Bertz CT molecular complexity index is 1440. The number of rotatable bonds is 6. The number of hydrogen-bond donors (Lipinski definition) is 2. The van der Waals surface area contributed by atoms with Crippen LogP contribution < -0.4 is 15.4 Å². The molecule has 1 atom stereocenters. The number of fused-ring (bicyclic) bond motifs is 1. The molecule has 0 radical (unpaired) electrons. The summed E-state index contributed by atoms with van der Waals surface area (Å²) in [6.45, 7) is 3.83. The number of aliphatic hydroxyl groups excluding tert-OH is 1. The molecule has 3 N–H and O–H groups in total. The fourth-order valence-electron chi connectivity index (χ4n) is 4.42. The molecule has 4 aromatic rings. The third-order valence-corrected chi connectivity index (χ3v) is 6.33. The minimum Gasteiger partial charge on any atom is -0.496 e. The highest BCUT2D eigenvalue weighted by Crippen LogP contribution is 2.32. The molecule has 5 rings (SSSR count). The van der Waals surface area contributed by atoms with Crippen LogP contribution in [0.3, 0.4) is 0 Å². The molecule has 0 aliphatic carbocycles. The van der Waals surface area contributed by atoms with Gasteiger partial charge in [-0.15, -0.1) is 0 Å². The van der Waals surface area contributed by atoms with E-state index in [2.05, 4.69) is 11.8 Å². The second kappa shape index (κ2) is 9.88. The first kappa shape index (κ1) is 23.7. The lowest BCUT2D eigenvalue weighted by atomic mass is 10.1. The first-order chi connectivity index (χ1) is 17.5. The number of morpholine rings is 1. The van der Waals surface area contributed by atoms with Crippen LogP contribution in [0.2, 0.25) is 0 Å². The topological polar surface area (TPSA) is 124 Å². The first-order valence-corrected chi connectivity index (χ1v) is 11.7. The van der Waals surface area contributed by atoms with Crippen molar-refractivity contribution >= 4 is 22.8 Å². The number of nitrogens with zero attached hydrogens (tertiary/aromatic N) is 4. The minimum absolute atomic E-state index is 0.120. The standard InChI is InChI=1S/C27H27N5O4/c1-16-15-36-11-10-32(16)27-21-7-8-22(17-6-9-23(35-2)20(12-17)14-33)29-26(21)30-25(31-27)19-5-3-4-18(13-19)24(28)34/h3-9,12-13,16,33H,10-11,14-15H2,1-2H3,(H2,28,34)/t16-/m0/s1. The van der Waals surface area contributed by atoms with Crippen molar-refractivity contribution in [2.24, 2.45) is 5.73 Å². The zero-order chi connectivity index (χ0) is 25.2. The molecule has 1 fully saturated rings. The second-order valence-corrected chi connectivity index (χ2v) is 8.69. The summed E-state index contributed by atoms with van der Waals surface area (Å²) in [4.78, 5) is 28.6. The third kappa shape index (κ3) is 4.46. The maximum absolute atomic E-state index is 11.8. The molecule has 1 aliphatic heterocycles. The van der Waals surface area contributed by atoms with Crippen molar-refractivity contribution in [3.8, 4) is 28.4 Å². The fourth-order valence-corrected chi connectivity index (χ4v) is 4.42. The number of nitrogens with two attached hydrogens (primary N) is 1. The van der Waals surface area contributed by atoms with Crippen molar-refractivity contribution in [1.29, 1.82) is 0 Å². The number of aromatic nitrogens is 3. The maximum atomic E-state index is 11.8. The Balaban J connectivity index is 1.69. The van der Waals surface area contributed by atoms with Gasteiger partial charge in [-0.25, -0.2) is 15.0 Å². The lowest BCUT2D eigenvalue weighted by Crippen LogP contribution is -2.44. The van der Waals surface area contributed by atoms with Gasteiger partial charge in [0.25, 0.3) is 0 Å². The Kier molecular flexibility index (Phi) is 6.49. The monoisotopic (exact) mass is 485 g/mol. The van der Waals surface area contributed by atoms with Crippen LogP contribution in [0, 0.1) is 0 Å². The van der Waals surface area contributed by atoms with Crippen LogP contribution in [0.4, 0.5) is 5.82 Å². The SMILES string of the molecule is COc1ccc(-c2ccc3c(N4CCOC[C@@H]4C)nc(-c4cccc(C(N)=O)c4)nc3n2)cc1CO. The van der Waals surface area contributed by atoms with Gasteiger partial charge in [-0.05, 0) is 49.4 Å². The van der Waals surface area contributed by atoms with Crippen LogP contribution >= 0.6 is 0 Å². The summed E-state index contributed by atoms with van der Waals surface area (Å²) >= 11 is 0. The summed E-state index contributed by atoms with van der Waals surface area (Å²) in [5.41, 5.74) is 9.30. The van der Waals surface area contributed by atoms with Crippen LogP contribution in [0.25, 0.3) is 33.7 Å². The highest BCUT2D eigenvalue weighted by atomic mass is 16.5. The van der Waals surface area contributed by atoms with E-state index < -0.39 is 5.91 Å². The van der Waals surface area contributed by atoms with Gasteiger partial charge >= 0.3 is 0 Å². The molecule has 0 saturated carbocycles. The summed E-state index contributed by atoms with van der Waals surface area (Å²) in [5, 5.41) is 10.6. The molecular formula is C27H27N5O4. The summed E-state index contributed by atoms with van der Waals surface area (Å²) in [7, 11) is 1.57. The zero-order valence-corrected chi connectivity index (χ0v) is 20.1. The van der Waals surface area contributed by atoms with Gasteiger partial charge in [-0.2, -0.15) is 0 Å². The predicted molar refractivity (Wildman–Crippen MR) is 137 cm³/mol. The van der Waals surface area contributed by atoms with Crippen molar-refractivity contribution < 1.29 is 19.4 Å². The van der Waals surface area contributed by atoms with Gasteiger partial charge < -0.3 is 25.2 Å². The fraction of sp³-hybridized carbons (Fsp3) is 0.259. The second-order valence-electron chi connectivity index (χ2n) is 8.69. The molecule has 1 saturated heterocycles. The van der Waals surface area contributed by atoms with Gasteiger partial charge in [0, 0.05) is 28.8 Å². The van der Waals surface area contributed by atoms with E-state index in [1.165, 1.54) is 0 Å². The molecule has 36 heavy (non-hydrogen) atoms. The van der Waals surface area contributed by atoms with E-state index in [9.17, 15) is 9.90 Å². The summed E-state index contributed by atoms with van der Waals surface area (Å²) in [6, 6.07) is 16.6. The summed E-state index contributed by atoms with van der Waals surface area (Å²) in [6.07, 6.45) is 0. The number of benzene rings is 2. The lowest BCUT2D eigenvalue weighted by molar-refractivity contribution is 0.0986. The summed E-state index contributed by atoms with van der Waals surface area (Å²) in [5.74, 6) is 1.32. The number of primary amides is 1. The molecule has 9 nitrogen and oxygen atoms in total. The van der Waals surface area contributed by atoms with E-state index in [0.29, 0.717) is 59.4 Å². The molecule has 1 aliphatic rings. The Morgan fingerprint density at radius 1 is 1.14 bits per heavy atom. The largest absolute Gasteiger partial charge is 0.496 e. The minimum atomic E-state index is -0.515. The molecule has 2 aromatic heterocycles. The average molecular weight is 486 g/mol. The van der Waals surface area contributed by atoms with E-state index in [1.807, 2.05) is 36.4 Å². The molecule has 0 bridgehead atoms. The van der Waals surface area contributed by atoms with E-state index in [-0.39, 0.29) is 12.6 Å². The van der Waals surface area contributed by atoms with Crippen LogP contribution in [-0.4, -0.2) is 58.9 Å². The number of ether oxygens (including phenoxy) is 2. The highest BCUT2D eigenvalue weighted by Gasteiger charge is 2.24. The Hall–Kier alpha value is -4.08. The molecule has 0 spiro atoms. The van der Waals surface area contributed by atoms with E-state index >= 15 is 0 Å². The van der Waals surface area contributed by atoms with Crippen molar-refractivity contribution in [1.82, 2.24) is 15.0 Å². The number of carbonyl (C=O) groups is 1. The quantitative estimate of drug-likeness (QED) is 0.427. The third-order valence-electron chi connectivity index (χ3n) is 6.33. The molecule has 1 amide bonds. The number of methoxy groups -OCH3 is 1. The van der Waals surface area contributed by atoms with E-state index in [1.54, 1.807) is 25.3 Å². The maximum Gasteiger partial charge on any atom is 0.248 e. The number of hydrogen-bond acceptors (Lipinski definition) is 8. The number of carbonyl (C=O) groups excluding carboxylic acids is 1. The smallest absolute Gasteiger partial charge is 0.248 e. The Morgan fingerprint density at radius 3 is 2.75 bits per heavy atom. The van der Waals surface area contributed by atoms with Crippen molar-refractivity contribution in [2.45, 2.75) is 19.6 Å². The number of pyridine rings is 1. The summed E-state index contributed by atoms with van der Waals surface area (Å²) < 4.78 is 11.0. The van der Waals surface area contributed by atoms with E-state index in [0.717, 1.165) is 16.8 Å². The van der Waals surface area contributed by atoms with Crippen molar-refractivity contribution in [3.05, 3.63) is 65.7 Å². The van der Waals surface area contributed by atoms with Crippen molar-refractivity contribution in [3.63, 3.8) is 0 Å². The first-order valence-electron chi connectivity index (χ1n) is 11.7. The van der Waals surface area contributed by atoms with Crippen LogP contribution in [0.5, 0.6) is 5.75 Å². The zero-order valence-electron chi connectivity index (χ0n) is 20.1. The lowest BCUT2D eigenvalue weighted by Gasteiger charge is -2.35. The molecule has 2 aromatic carbocycles. The Labute approximate surface area is 208 Å². The van der Waals surface area contributed by atoms with Gasteiger partial charge in [0.05, 0.1) is 44.1 Å². The molecule has 3 heterocycles. The van der Waals surface area contributed by atoms with Crippen molar-refractivity contribution in [2.75, 3.05) is 31.8 Å². The van der Waals surface area contributed by atoms with Gasteiger partial charge in [0.15, 0.2) is 11.5 Å². The highest BCUT2D eigenvalue weighted by molar-refractivity contribution is 5.94. The van der Waals surface area contributed by atoms with Crippen LogP contribution in [0.15, 0.2) is 54.6 Å². The predicted octanol–water partition coefficient (Wildman–Crippen LogP) is 3.18. The van der Waals surface area contributed by atoms with Gasteiger partial charge in [-0.3, -0.25) is 4.79 Å².